The number of rotatable bonds is 8. The van der Waals surface area contributed by atoms with E-state index in [9.17, 15) is 9.59 Å². The number of ether oxygens (including phenoxy) is 5. The van der Waals surface area contributed by atoms with Crippen LogP contribution >= 0.6 is 0 Å². The van der Waals surface area contributed by atoms with Gasteiger partial charge in [-0.1, -0.05) is 0 Å². The maximum Gasteiger partial charge on any atom is 0.259 e. The lowest BCUT2D eigenvalue weighted by atomic mass is 10.1. The lowest BCUT2D eigenvalue weighted by molar-refractivity contribution is -0.120. The summed E-state index contributed by atoms with van der Waals surface area (Å²) in [5.74, 6) is 1.38. The molecule has 0 atom stereocenters. The first-order valence-electron chi connectivity index (χ1n) is 9.78. The Morgan fingerprint density at radius 3 is 2.22 bits per heavy atom. The molecule has 10 heteroatoms. The molecule has 2 aromatic rings. The summed E-state index contributed by atoms with van der Waals surface area (Å²) in [7, 11) is 4.38. The molecule has 1 aliphatic heterocycles. The van der Waals surface area contributed by atoms with Crippen LogP contribution in [0.15, 0.2) is 35.4 Å². The van der Waals surface area contributed by atoms with E-state index in [4.69, 9.17) is 23.7 Å². The van der Waals surface area contributed by atoms with Gasteiger partial charge in [0.25, 0.3) is 11.8 Å². The van der Waals surface area contributed by atoms with Crippen LogP contribution in [0.1, 0.15) is 22.8 Å². The topological polar surface area (TPSA) is 117 Å². The van der Waals surface area contributed by atoms with Gasteiger partial charge in [0.15, 0.2) is 23.0 Å². The Kier molecular flexibility index (Phi) is 7.37. The summed E-state index contributed by atoms with van der Waals surface area (Å²) in [5, 5.41) is 6.62. The Hall–Kier alpha value is -3.95. The highest BCUT2D eigenvalue weighted by molar-refractivity contribution is 6.00. The zero-order chi connectivity index (χ0) is 23.1. The lowest BCUT2D eigenvalue weighted by Gasteiger charge is -2.18. The summed E-state index contributed by atoms with van der Waals surface area (Å²) in [5.41, 5.74) is 4.03. The van der Waals surface area contributed by atoms with E-state index in [1.165, 1.54) is 33.5 Å². The van der Waals surface area contributed by atoms with E-state index in [0.29, 0.717) is 47.7 Å². The fraction of sp³-hybridized carbons (Fsp3) is 0.318. The van der Waals surface area contributed by atoms with Gasteiger partial charge in [0.1, 0.15) is 13.2 Å². The summed E-state index contributed by atoms with van der Waals surface area (Å²) >= 11 is 0. The van der Waals surface area contributed by atoms with E-state index < -0.39 is 11.8 Å². The van der Waals surface area contributed by atoms with Gasteiger partial charge in [0.2, 0.25) is 5.75 Å². The first kappa shape index (κ1) is 22.7. The minimum Gasteiger partial charge on any atom is -0.493 e. The molecule has 2 N–H and O–H groups in total. The van der Waals surface area contributed by atoms with Gasteiger partial charge < -0.3 is 29.0 Å². The fourth-order valence-electron chi connectivity index (χ4n) is 2.99. The molecule has 170 valence electrons. The standard InChI is InChI=1S/C22H25N3O7/c1-13(14-5-6-16-17(9-14)32-8-7-31-16)24-25-20(26)12-23-22(27)15-10-18(28-2)21(30-4)19(11-15)29-3/h5-6,9-11H,7-8,12H2,1-4H3,(H,23,27)(H,25,26)/b24-13-. The maximum atomic E-state index is 12.5. The van der Waals surface area contributed by atoms with Crippen molar-refractivity contribution in [3.05, 3.63) is 41.5 Å². The molecule has 0 bridgehead atoms. The number of hydrogen-bond acceptors (Lipinski definition) is 8. The minimum atomic E-state index is -0.484. The number of nitrogens with zero attached hydrogens (tertiary/aromatic N) is 1. The minimum absolute atomic E-state index is 0.253. The van der Waals surface area contributed by atoms with Crippen molar-refractivity contribution in [2.75, 3.05) is 41.1 Å². The molecule has 0 spiro atoms. The van der Waals surface area contributed by atoms with Gasteiger partial charge in [-0.3, -0.25) is 9.59 Å². The molecular formula is C22H25N3O7. The average molecular weight is 443 g/mol. The number of carbonyl (C=O) groups excluding carboxylic acids is 2. The van der Waals surface area contributed by atoms with Gasteiger partial charge in [0, 0.05) is 11.1 Å². The number of nitrogens with one attached hydrogen (secondary N) is 2. The second-order valence-corrected chi connectivity index (χ2v) is 6.69. The van der Waals surface area contributed by atoms with Crippen molar-refractivity contribution in [3.8, 4) is 28.7 Å². The van der Waals surface area contributed by atoms with E-state index in [0.717, 1.165) is 5.56 Å². The Bertz CT molecular complexity index is 1010. The predicted octanol–water partition coefficient (Wildman–Crippen LogP) is 1.75. The van der Waals surface area contributed by atoms with Crippen LogP contribution in [0.25, 0.3) is 0 Å². The summed E-state index contributed by atoms with van der Waals surface area (Å²) in [6, 6.07) is 8.41. The Morgan fingerprint density at radius 2 is 1.59 bits per heavy atom. The van der Waals surface area contributed by atoms with Gasteiger partial charge in [-0.2, -0.15) is 5.10 Å². The molecule has 2 aromatic carbocycles. The van der Waals surface area contributed by atoms with Gasteiger partial charge in [0.05, 0.1) is 33.6 Å². The van der Waals surface area contributed by atoms with E-state index in [1.54, 1.807) is 19.1 Å². The monoisotopic (exact) mass is 443 g/mol. The Labute approximate surface area is 185 Å². The number of hydrogen-bond donors (Lipinski definition) is 2. The third kappa shape index (κ3) is 5.20. The third-order valence-electron chi connectivity index (χ3n) is 4.64. The van der Waals surface area contributed by atoms with Crippen molar-refractivity contribution in [2.45, 2.75) is 6.92 Å². The predicted molar refractivity (Wildman–Crippen MR) is 116 cm³/mol. The molecule has 0 saturated carbocycles. The van der Waals surface area contributed by atoms with E-state index in [-0.39, 0.29) is 12.1 Å². The molecule has 2 amide bonds. The van der Waals surface area contributed by atoms with Crippen LogP contribution in [0.5, 0.6) is 28.7 Å². The van der Waals surface area contributed by atoms with Crippen LogP contribution in [0.4, 0.5) is 0 Å². The van der Waals surface area contributed by atoms with Gasteiger partial charge in [-0.15, -0.1) is 0 Å². The van der Waals surface area contributed by atoms with Gasteiger partial charge in [-0.05, 0) is 37.3 Å². The van der Waals surface area contributed by atoms with Crippen molar-refractivity contribution >= 4 is 17.5 Å². The molecule has 1 heterocycles. The van der Waals surface area contributed by atoms with Crippen molar-refractivity contribution in [2.24, 2.45) is 5.10 Å². The summed E-state index contributed by atoms with van der Waals surface area (Å²) in [6.45, 7) is 2.47. The molecule has 0 unspecified atom stereocenters. The molecule has 10 nitrogen and oxygen atoms in total. The smallest absolute Gasteiger partial charge is 0.259 e. The molecular weight excluding hydrogens is 418 g/mol. The first-order chi connectivity index (χ1) is 15.5. The number of amides is 2. The molecule has 0 fully saturated rings. The quantitative estimate of drug-likeness (QED) is 0.472. The van der Waals surface area contributed by atoms with Crippen molar-refractivity contribution in [1.29, 1.82) is 0 Å². The van der Waals surface area contributed by atoms with Crippen molar-refractivity contribution < 1.29 is 33.3 Å². The van der Waals surface area contributed by atoms with E-state index >= 15 is 0 Å². The SMILES string of the molecule is COc1cc(C(=O)NCC(=O)N/N=C(/C)c2ccc3c(c2)OCCO3)cc(OC)c1OC. The highest BCUT2D eigenvalue weighted by Gasteiger charge is 2.17. The highest BCUT2D eigenvalue weighted by Crippen LogP contribution is 2.38. The van der Waals surface area contributed by atoms with Gasteiger partial charge >= 0.3 is 0 Å². The molecule has 1 aliphatic rings. The second-order valence-electron chi connectivity index (χ2n) is 6.69. The van der Waals surface area contributed by atoms with Gasteiger partial charge in [-0.25, -0.2) is 5.43 Å². The fourth-order valence-corrected chi connectivity index (χ4v) is 2.99. The van der Waals surface area contributed by atoms with Crippen LogP contribution in [-0.4, -0.2) is 58.6 Å². The van der Waals surface area contributed by atoms with Crippen LogP contribution in [0.2, 0.25) is 0 Å². The Morgan fingerprint density at radius 1 is 0.938 bits per heavy atom. The highest BCUT2D eigenvalue weighted by atomic mass is 16.6. The Balaban J connectivity index is 1.59. The number of fused-ring (bicyclic) bond motifs is 1. The van der Waals surface area contributed by atoms with Crippen LogP contribution in [-0.2, 0) is 4.79 Å². The van der Waals surface area contributed by atoms with Crippen LogP contribution < -0.4 is 34.4 Å². The van der Waals surface area contributed by atoms with E-state index in [1.807, 2.05) is 6.07 Å². The van der Waals surface area contributed by atoms with Crippen LogP contribution in [0, 0.1) is 0 Å². The molecule has 0 radical (unpaired) electrons. The maximum absolute atomic E-state index is 12.5. The molecule has 0 saturated heterocycles. The molecule has 0 aliphatic carbocycles. The number of hydrazone groups is 1. The summed E-state index contributed by atoms with van der Waals surface area (Å²) in [6.07, 6.45) is 0. The average Bonchev–Trinajstić information content (AvgIpc) is 2.84. The summed E-state index contributed by atoms with van der Waals surface area (Å²) in [4.78, 5) is 24.6. The normalized spacial score (nSPS) is 12.6. The number of carbonyl (C=O) groups is 2. The third-order valence-corrected chi connectivity index (χ3v) is 4.64. The first-order valence-corrected chi connectivity index (χ1v) is 9.78. The largest absolute Gasteiger partial charge is 0.493 e. The number of methoxy groups -OCH3 is 3. The number of benzene rings is 2. The second kappa shape index (κ2) is 10.4. The summed E-state index contributed by atoms with van der Waals surface area (Å²) < 4.78 is 26.8. The zero-order valence-electron chi connectivity index (χ0n) is 18.3. The van der Waals surface area contributed by atoms with Crippen LogP contribution in [0.3, 0.4) is 0 Å². The molecule has 3 rings (SSSR count). The zero-order valence-corrected chi connectivity index (χ0v) is 18.3. The molecule has 32 heavy (non-hydrogen) atoms. The van der Waals surface area contributed by atoms with Crippen molar-refractivity contribution in [1.82, 2.24) is 10.7 Å². The van der Waals surface area contributed by atoms with Crippen molar-refractivity contribution in [3.63, 3.8) is 0 Å². The van der Waals surface area contributed by atoms with E-state index in [2.05, 4.69) is 15.8 Å². The molecule has 0 aromatic heterocycles. The lowest BCUT2D eigenvalue weighted by Crippen LogP contribution is -2.35.